The quantitative estimate of drug-likeness (QED) is 0.589. The van der Waals surface area contributed by atoms with Crippen LogP contribution in [-0.2, 0) is 11.2 Å². The van der Waals surface area contributed by atoms with E-state index >= 15 is 0 Å². The summed E-state index contributed by atoms with van der Waals surface area (Å²) in [5, 5.41) is 18.4. The van der Waals surface area contributed by atoms with Gasteiger partial charge in [-0.05, 0) is 6.92 Å². The van der Waals surface area contributed by atoms with Crippen LogP contribution in [0, 0.1) is 6.92 Å². The van der Waals surface area contributed by atoms with Crippen LogP contribution in [0.25, 0.3) is 0 Å². The van der Waals surface area contributed by atoms with Crippen LogP contribution >= 0.6 is 7.60 Å². The lowest BCUT2D eigenvalue weighted by atomic mass is 10.1. The van der Waals surface area contributed by atoms with E-state index in [0.717, 1.165) is 6.20 Å². The number of nitrogens with zero attached hydrogens (tertiary/aromatic N) is 1. The topological polar surface area (TPSA) is 111 Å². The van der Waals surface area contributed by atoms with E-state index in [1.54, 1.807) is 0 Å². The normalized spacial score (nSPS) is 13.8. The third-order valence-corrected chi connectivity index (χ3v) is 2.95. The first-order chi connectivity index (χ1) is 7.29. The van der Waals surface area contributed by atoms with Crippen LogP contribution in [-0.4, -0.2) is 25.0 Å². The average Bonchev–Trinajstić information content (AvgIpc) is 2.19. The fourth-order valence-electron chi connectivity index (χ4n) is 1.21. The van der Waals surface area contributed by atoms with Crippen molar-refractivity contribution in [2.45, 2.75) is 19.4 Å². The number of aliphatic hydroxyl groups excluding tert-OH is 1. The molecule has 0 amide bonds. The van der Waals surface area contributed by atoms with Gasteiger partial charge in [-0.15, -0.1) is 0 Å². The molecule has 0 spiro atoms. The fraction of sp³-hybridized carbons (Fsp3) is 0.375. The van der Waals surface area contributed by atoms with Gasteiger partial charge in [0.2, 0.25) is 5.91 Å². The average molecular weight is 251 g/mol. The van der Waals surface area contributed by atoms with Gasteiger partial charge in [0, 0.05) is 17.3 Å². The van der Waals surface area contributed by atoms with Gasteiger partial charge in [-0.25, -0.2) is 4.39 Å². The van der Waals surface area contributed by atoms with Crippen molar-refractivity contribution in [2.75, 3.05) is 0 Å². The van der Waals surface area contributed by atoms with Gasteiger partial charge in [-0.1, -0.05) is 0 Å². The molecule has 0 fully saturated rings. The molecule has 1 atom stereocenters. The zero-order valence-electron chi connectivity index (χ0n) is 8.33. The number of aromatic nitrogens is 1. The Morgan fingerprint density at radius 1 is 1.56 bits per heavy atom. The third kappa shape index (κ3) is 2.38. The second kappa shape index (κ2) is 4.47. The van der Waals surface area contributed by atoms with Crippen LogP contribution in [0.5, 0.6) is 5.75 Å². The minimum Gasteiger partial charge on any atom is -0.506 e. The SMILES string of the molecule is Cc1ncc(C(F)P(=O)(O)O)c(CO)c1O. The van der Waals surface area contributed by atoms with Gasteiger partial charge in [0.15, 0.2) is 0 Å². The molecule has 0 saturated heterocycles. The molecule has 0 aromatic carbocycles. The van der Waals surface area contributed by atoms with E-state index in [-0.39, 0.29) is 11.3 Å². The highest BCUT2D eigenvalue weighted by Gasteiger charge is 2.33. The first-order valence-electron chi connectivity index (χ1n) is 4.26. The Kier molecular flexibility index (Phi) is 3.64. The second-order valence-corrected chi connectivity index (χ2v) is 4.84. The Morgan fingerprint density at radius 3 is 2.56 bits per heavy atom. The first-order valence-corrected chi connectivity index (χ1v) is 5.94. The predicted octanol–water partition coefficient (Wildman–Crippen LogP) is 0.734. The lowest BCUT2D eigenvalue weighted by Crippen LogP contribution is -2.02. The maximum Gasteiger partial charge on any atom is 0.364 e. The van der Waals surface area contributed by atoms with Crippen LogP contribution in [0.4, 0.5) is 4.39 Å². The summed E-state index contributed by atoms with van der Waals surface area (Å²) in [5.74, 6) is -3.07. The van der Waals surface area contributed by atoms with Crippen molar-refractivity contribution >= 4 is 7.60 Å². The fourth-order valence-corrected chi connectivity index (χ4v) is 1.80. The zero-order chi connectivity index (χ0) is 12.5. The molecular weight excluding hydrogens is 240 g/mol. The highest BCUT2D eigenvalue weighted by molar-refractivity contribution is 7.51. The minimum atomic E-state index is -4.98. The molecule has 0 aliphatic rings. The molecule has 0 bridgehead atoms. The number of alkyl halides is 1. The van der Waals surface area contributed by atoms with E-state index in [1.807, 2.05) is 0 Å². The maximum atomic E-state index is 13.4. The molecule has 1 heterocycles. The standard InChI is InChI=1S/C8H11FNO5P/c1-4-7(12)6(3-11)5(2-10-4)8(9)16(13,14)15/h2,8,11-12H,3H2,1H3,(H2,13,14,15). The second-order valence-electron chi connectivity index (χ2n) is 3.21. The van der Waals surface area contributed by atoms with Crippen molar-refractivity contribution in [3.05, 3.63) is 23.0 Å². The Bertz CT molecular complexity index is 446. The van der Waals surface area contributed by atoms with E-state index in [0.29, 0.717) is 0 Å². The number of pyridine rings is 1. The highest BCUT2D eigenvalue weighted by atomic mass is 31.2. The summed E-state index contributed by atoms with van der Waals surface area (Å²) in [6.07, 6.45) is 0.893. The van der Waals surface area contributed by atoms with Crippen molar-refractivity contribution in [2.24, 2.45) is 0 Å². The molecule has 1 aromatic heterocycles. The van der Waals surface area contributed by atoms with Crippen LogP contribution in [0.2, 0.25) is 0 Å². The Balaban J connectivity index is 3.35. The molecule has 4 N–H and O–H groups in total. The van der Waals surface area contributed by atoms with E-state index in [9.17, 15) is 14.1 Å². The monoisotopic (exact) mass is 251 g/mol. The molecule has 6 nitrogen and oxygen atoms in total. The van der Waals surface area contributed by atoms with Gasteiger partial charge >= 0.3 is 7.60 Å². The van der Waals surface area contributed by atoms with Gasteiger partial charge in [-0.3, -0.25) is 9.55 Å². The van der Waals surface area contributed by atoms with Gasteiger partial charge in [0.1, 0.15) is 5.75 Å². The van der Waals surface area contributed by atoms with Gasteiger partial charge in [-0.2, -0.15) is 0 Å². The van der Waals surface area contributed by atoms with Gasteiger partial charge in [0.25, 0.3) is 0 Å². The summed E-state index contributed by atoms with van der Waals surface area (Å²) in [4.78, 5) is 20.9. The molecule has 8 heteroatoms. The highest BCUT2D eigenvalue weighted by Crippen LogP contribution is 2.54. The Morgan fingerprint density at radius 2 is 2.12 bits per heavy atom. The maximum absolute atomic E-state index is 13.4. The lowest BCUT2D eigenvalue weighted by molar-refractivity contribution is 0.265. The first kappa shape index (κ1) is 13.1. The Labute approximate surface area is 90.6 Å². The van der Waals surface area contributed by atoms with E-state index < -0.39 is 31.4 Å². The molecular formula is C8H11FNO5P. The Hall–Kier alpha value is -1.01. The number of halogens is 1. The van der Waals surface area contributed by atoms with E-state index in [4.69, 9.17) is 14.9 Å². The largest absolute Gasteiger partial charge is 0.506 e. The number of rotatable bonds is 3. The third-order valence-electron chi connectivity index (χ3n) is 2.08. The lowest BCUT2D eigenvalue weighted by Gasteiger charge is -2.15. The smallest absolute Gasteiger partial charge is 0.364 e. The van der Waals surface area contributed by atoms with Crippen molar-refractivity contribution in [1.29, 1.82) is 0 Å². The van der Waals surface area contributed by atoms with E-state index in [1.165, 1.54) is 6.92 Å². The number of hydrogen-bond donors (Lipinski definition) is 4. The summed E-state index contributed by atoms with van der Waals surface area (Å²) in [6.45, 7) is 0.688. The predicted molar refractivity (Wildman–Crippen MR) is 52.5 cm³/mol. The number of aryl methyl sites for hydroxylation is 1. The molecule has 90 valence electrons. The molecule has 0 aliphatic carbocycles. The summed E-state index contributed by atoms with van der Waals surface area (Å²) in [7, 11) is -4.98. The number of aromatic hydroxyl groups is 1. The summed E-state index contributed by atoms with van der Waals surface area (Å²) < 4.78 is 24.1. The van der Waals surface area contributed by atoms with Crippen LogP contribution in [0.1, 0.15) is 22.7 Å². The number of hydrogen-bond acceptors (Lipinski definition) is 4. The van der Waals surface area contributed by atoms with Crippen molar-refractivity contribution in [3.8, 4) is 5.75 Å². The van der Waals surface area contributed by atoms with E-state index in [2.05, 4.69) is 4.98 Å². The summed E-state index contributed by atoms with van der Waals surface area (Å²) in [6, 6.07) is 0. The van der Waals surface area contributed by atoms with Crippen molar-refractivity contribution < 1.29 is 29.0 Å². The van der Waals surface area contributed by atoms with Crippen molar-refractivity contribution in [3.63, 3.8) is 0 Å². The molecule has 0 radical (unpaired) electrons. The van der Waals surface area contributed by atoms with Crippen molar-refractivity contribution in [1.82, 2.24) is 4.98 Å². The number of aliphatic hydroxyl groups is 1. The van der Waals surface area contributed by atoms with Crippen LogP contribution in [0.15, 0.2) is 6.20 Å². The van der Waals surface area contributed by atoms with Crippen LogP contribution in [0.3, 0.4) is 0 Å². The molecule has 1 unspecified atom stereocenters. The molecule has 0 saturated carbocycles. The summed E-state index contributed by atoms with van der Waals surface area (Å²) >= 11 is 0. The zero-order valence-corrected chi connectivity index (χ0v) is 9.23. The summed E-state index contributed by atoms with van der Waals surface area (Å²) in [5.41, 5.74) is -0.618. The molecule has 0 aliphatic heterocycles. The molecule has 16 heavy (non-hydrogen) atoms. The minimum absolute atomic E-state index is 0.144. The van der Waals surface area contributed by atoms with Gasteiger partial charge < -0.3 is 20.0 Å². The van der Waals surface area contributed by atoms with Crippen LogP contribution < -0.4 is 0 Å². The van der Waals surface area contributed by atoms with Gasteiger partial charge in [0.05, 0.1) is 12.3 Å². The molecule has 1 rings (SSSR count). The molecule has 1 aromatic rings.